The van der Waals surface area contributed by atoms with E-state index in [-0.39, 0.29) is 28.4 Å². The van der Waals surface area contributed by atoms with Crippen LogP contribution in [0.4, 0.5) is 17.1 Å². The smallest absolute Gasteiger partial charge is 0.271 e. The van der Waals surface area contributed by atoms with Gasteiger partial charge >= 0.3 is 0 Å². The van der Waals surface area contributed by atoms with Gasteiger partial charge in [0.1, 0.15) is 5.69 Å². The van der Waals surface area contributed by atoms with Crippen LogP contribution in [0.5, 0.6) is 5.75 Å². The van der Waals surface area contributed by atoms with E-state index >= 15 is 0 Å². The van der Waals surface area contributed by atoms with E-state index in [4.69, 9.17) is 0 Å². The minimum Gasteiger partial charge on any atom is -0.505 e. The van der Waals surface area contributed by atoms with Gasteiger partial charge in [-0.15, -0.1) is 0 Å². The van der Waals surface area contributed by atoms with Crippen LogP contribution in [0.15, 0.2) is 59.6 Å². The summed E-state index contributed by atoms with van der Waals surface area (Å²) in [5, 5.41) is 25.1. The summed E-state index contributed by atoms with van der Waals surface area (Å²) in [6.07, 6.45) is 0. The minimum absolute atomic E-state index is 0.00704. The number of non-ortho nitro benzene ring substituents is 1. The number of nitro benzene ring substituents is 1. The van der Waals surface area contributed by atoms with Gasteiger partial charge in [-0.1, -0.05) is 30.3 Å². The molecule has 3 rings (SSSR count). The predicted octanol–water partition coefficient (Wildman–Crippen LogP) is 4.04. The number of phenols is 1. The van der Waals surface area contributed by atoms with Gasteiger partial charge in [-0.2, -0.15) is 0 Å². The molecule has 0 bridgehead atoms. The van der Waals surface area contributed by atoms with Gasteiger partial charge in [0, 0.05) is 23.2 Å². The highest BCUT2D eigenvalue weighted by Crippen LogP contribution is 2.38. The number of carbonyl (C=O) groups excluding carboxylic acids is 1. The van der Waals surface area contributed by atoms with E-state index in [2.05, 4.69) is 17.0 Å². The molecule has 0 saturated carbocycles. The normalized spacial score (nSPS) is 10.4. The van der Waals surface area contributed by atoms with E-state index in [0.717, 1.165) is 0 Å². The maximum Gasteiger partial charge on any atom is 0.271 e. The summed E-state index contributed by atoms with van der Waals surface area (Å²) in [6, 6.07) is 14.2. The number of aliphatic imine (C=N–C) groups is 1. The number of amides is 1. The molecule has 0 heterocycles. The lowest BCUT2D eigenvalue weighted by atomic mass is 10.0. The molecule has 0 aliphatic heterocycles. The fourth-order valence-corrected chi connectivity index (χ4v) is 2.55. The van der Waals surface area contributed by atoms with Gasteiger partial charge < -0.3 is 10.4 Å². The highest BCUT2D eigenvalue weighted by molar-refractivity contribution is 6.12. The molecule has 0 spiro atoms. The Morgan fingerprint density at radius 2 is 1.92 bits per heavy atom. The Labute approximate surface area is 142 Å². The van der Waals surface area contributed by atoms with Crippen LogP contribution in [0.25, 0.3) is 10.8 Å². The summed E-state index contributed by atoms with van der Waals surface area (Å²) in [7, 11) is 0. The van der Waals surface area contributed by atoms with Crippen molar-refractivity contribution in [1.82, 2.24) is 0 Å². The predicted molar refractivity (Wildman–Crippen MR) is 95.9 cm³/mol. The molecule has 3 aromatic rings. The maximum absolute atomic E-state index is 12.5. The molecule has 0 atom stereocenters. The van der Waals surface area contributed by atoms with Crippen molar-refractivity contribution < 1.29 is 14.8 Å². The highest BCUT2D eigenvalue weighted by atomic mass is 16.6. The average Bonchev–Trinajstić information content (AvgIpc) is 2.61. The largest absolute Gasteiger partial charge is 0.505 e. The monoisotopic (exact) mass is 335 g/mol. The van der Waals surface area contributed by atoms with E-state index in [1.807, 2.05) is 0 Å². The van der Waals surface area contributed by atoms with Crippen molar-refractivity contribution in [2.24, 2.45) is 4.99 Å². The molecule has 0 aromatic heterocycles. The number of anilines is 1. The zero-order valence-electron chi connectivity index (χ0n) is 13.0. The Kier molecular flexibility index (Phi) is 4.13. The zero-order chi connectivity index (χ0) is 18.0. The summed E-state index contributed by atoms with van der Waals surface area (Å²) in [5.41, 5.74) is 0.323. The number of nitro groups is 1. The molecule has 0 aliphatic rings. The lowest BCUT2D eigenvalue weighted by Crippen LogP contribution is -2.12. The van der Waals surface area contributed by atoms with Gasteiger partial charge in [0.05, 0.1) is 10.5 Å². The first kappa shape index (κ1) is 16.1. The molecule has 7 heteroatoms. The Hall–Kier alpha value is -3.74. The third-order valence-electron chi connectivity index (χ3n) is 3.71. The van der Waals surface area contributed by atoms with E-state index < -0.39 is 10.8 Å². The fraction of sp³-hybridized carbons (Fsp3) is 0. The van der Waals surface area contributed by atoms with Crippen molar-refractivity contribution in [3.63, 3.8) is 0 Å². The van der Waals surface area contributed by atoms with E-state index in [9.17, 15) is 20.0 Å². The second kappa shape index (κ2) is 6.40. The molecule has 2 N–H and O–H groups in total. The molecule has 0 fully saturated rings. The van der Waals surface area contributed by atoms with Crippen LogP contribution in [0.3, 0.4) is 0 Å². The van der Waals surface area contributed by atoms with Crippen LogP contribution in [0.1, 0.15) is 10.4 Å². The van der Waals surface area contributed by atoms with E-state index in [1.54, 1.807) is 24.3 Å². The molecule has 0 unspecified atom stereocenters. The summed E-state index contributed by atoms with van der Waals surface area (Å²) in [4.78, 5) is 26.6. The van der Waals surface area contributed by atoms with Gasteiger partial charge in [-0.25, -0.2) is 0 Å². The number of nitrogens with zero attached hydrogens (tertiary/aromatic N) is 2. The first-order valence-corrected chi connectivity index (χ1v) is 7.28. The van der Waals surface area contributed by atoms with Gasteiger partial charge in [-0.05, 0) is 24.2 Å². The van der Waals surface area contributed by atoms with Crippen LogP contribution in [0.2, 0.25) is 0 Å². The van der Waals surface area contributed by atoms with Crippen molar-refractivity contribution in [3.05, 3.63) is 70.3 Å². The number of nitrogens with one attached hydrogen (secondary N) is 1. The van der Waals surface area contributed by atoms with Crippen LogP contribution in [-0.4, -0.2) is 22.7 Å². The number of rotatable bonds is 4. The van der Waals surface area contributed by atoms with Crippen LogP contribution in [0, 0.1) is 10.1 Å². The van der Waals surface area contributed by atoms with Crippen molar-refractivity contribution in [1.29, 1.82) is 0 Å². The van der Waals surface area contributed by atoms with Crippen LogP contribution >= 0.6 is 0 Å². The summed E-state index contributed by atoms with van der Waals surface area (Å²) < 4.78 is 0. The SMILES string of the molecule is C=Nc1c(O)c(C(=O)Nc2cccc([N+](=O)[O-])c2)cc2ccccc12. The summed E-state index contributed by atoms with van der Waals surface area (Å²) in [6.45, 7) is 3.44. The second-order valence-electron chi connectivity index (χ2n) is 5.26. The standard InChI is InChI=1S/C18H13N3O4/c1-19-16-14-8-3-2-5-11(14)9-15(17(16)22)18(23)20-12-6-4-7-13(10-12)21(24)25/h2-10,22H,1H2,(H,20,23). The number of hydrogen-bond donors (Lipinski definition) is 2. The molecule has 3 aromatic carbocycles. The Balaban J connectivity index is 2.03. The lowest BCUT2D eigenvalue weighted by molar-refractivity contribution is -0.384. The maximum atomic E-state index is 12.5. The molecule has 7 nitrogen and oxygen atoms in total. The first-order valence-electron chi connectivity index (χ1n) is 7.28. The number of aromatic hydroxyl groups is 1. The Bertz CT molecular complexity index is 1010. The number of phenolic OH excluding ortho intramolecular Hbond substituents is 1. The van der Waals surface area contributed by atoms with Crippen molar-refractivity contribution in [3.8, 4) is 5.75 Å². The van der Waals surface area contributed by atoms with Crippen LogP contribution < -0.4 is 5.32 Å². The van der Waals surface area contributed by atoms with Crippen molar-refractivity contribution in [2.75, 3.05) is 5.32 Å². The molecule has 0 saturated heterocycles. The molecule has 124 valence electrons. The fourth-order valence-electron chi connectivity index (χ4n) is 2.55. The van der Waals surface area contributed by atoms with Gasteiger partial charge in [0.2, 0.25) is 0 Å². The van der Waals surface area contributed by atoms with Gasteiger partial charge in [-0.3, -0.25) is 19.9 Å². The van der Waals surface area contributed by atoms with Crippen LogP contribution in [-0.2, 0) is 0 Å². The Morgan fingerprint density at radius 3 is 2.64 bits per heavy atom. The van der Waals surface area contributed by atoms with Crippen molar-refractivity contribution in [2.45, 2.75) is 0 Å². The molecule has 0 radical (unpaired) electrons. The van der Waals surface area contributed by atoms with Crippen molar-refractivity contribution >= 4 is 40.5 Å². The molecule has 25 heavy (non-hydrogen) atoms. The quantitative estimate of drug-likeness (QED) is 0.426. The highest BCUT2D eigenvalue weighted by Gasteiger charge is 2.18. The van der Waals surface area contributed by atoms with E-state index in [1.165, 1.54) is 30.3 Å². The number of hydrogen-bond acceptors (Lipinski definition) is 5. The summed E-state index contributed by atoms with van der Waals surface area (Å²) >= 11 is 0. The molecular weight excluding hydrogens is 322 g/mol. The topological polar surface area (TPSA) is 105 Å². The molecule has 1 amide bonds. The van der Waals surface area contributed by atoms with Gasteiger partial charge in [0.15, 0.2) is 5.75 Å². The average molecular weight is 335 g/mol. The number of carbonyl (C=O) groups is 1. The van der Waals surface area contributed by atoms with E-state index in [0.29, 0.717) is 10.8 Å². The Morgan fingerprint density at radius 1 is 1.16 bits per heavy atom. The first-order chi connectivity index (χ1) is 12.0. The third kappa shape index (κ3) is 3.02. The summed E-state index contributed by atoms with van der Waals surface area (Å²) in [5.74, 6) is -0.898. The molecular formula is C18H13N3O4. The zero-order valence-corrected chi connectivity index (χ0v) is 13.0. The third-order valence-corrected chi connectivity index (χ3v) is 3.71. The number of benzene rings is 3. The van der Waals surface area contributed by atoms with Gasteiger partial charge in [0.25, 0.3) is 11.6 Å². The lowest BCUT2D eigenvalue weighted by Gasteiger charge is -2.11. The molecule has 0 aliphatic carbocycles. The second-order valence-corrected chi connectivity index (χ2v) is 5.26. The number of fused-ring (bicyclic) bond motifs is 1. The minimum atomic E-state index is -0.603.